The number of hydrogen-bond acceptors (Lipinski definition) is 2. The molecule has 0 aliphatic heterocycles. The van der Waals surface area contributed by atoms with Gasteiger partial charge >= 0.3 is 0 Å². The van der Waals surface area contributed by atoms with Gasteiger partial charge in [-0.05, 0) is 11.6 Å². The fraction of sp³-hybridized carbons (Fsp3) is 0.0588. The number of hydrogen-bond donors (Lipinski definition) is 0. The van der Waals surface area contributed by atoms with Gasteiger partial charge in [0, 0.05) is 16.1 Å². The van der Waals surface area contributed by atoms with Gasteiger partial charge in [-0.2, -0.15) is 0 Å². The van der Waals surface area contributed by atoms with Crippen molar-refractivity contribution in [2.24, 2.45) is 0 Å². The first-order valence-corrected chi connectivity index (χ1v) is 7.38. The third-order valence-corrected chi connectivity index (χ3v) is 4.02. The Balaban J connectivity index is 1.93. The maximum absolute atomic E-state index is 12.2. The lowest BCUT2D eigenvalue weighted by molar-refractivity contribution is 0.735. The Morgan fingerprint density at radius 1 is 1.00 bits per heavy atom. The van der Waals surface area contributed by atoms with E-state index in [0.29, 0.717) is 12.2 Å². The second kappa shape index (κ2) is 6.06. The molecule has 0 saturated carbocycles. The van der Waals surface area contributed by atoms with Gasteiger partial charge < -0.3 is 0 Å². The van der Waals surface area contributed by atoms with Gasteiger partial charge in [-0.3, -0.25) is 9.36 Å². The average Bonchev–Trinajstić information content (AvgIpc) is 2.52. The van der Waals surface area contributed by atoms with E-state index in [9.17, 15) is 4.79 Å². The maximum Gasteiger partial charge on any atom is 0.254 e. The molecule has 2 aromatic carbocycles. The van der Waals surface area contributed by atoms with E-state index in [1.54, 1.807) is 17.0 Å². The number of halogens is 1. The molecule has 1 heterocycles. The topological polar surface area (TPSA) is 34.9 Å². The van der Waals surface area contributed by atoms with Crippen molar-refractivity contribution in [3.05, 3.63) is 87.4 Å². The van der Waals surface area contributed by atoms with Crippen LogP contribution in [0.3, 0.4) is 0 Å². The molecule has 0 amide bonds. The second-order valence-corrected chi connectivity index (χ2v) is 5.55. The SMILES string of the molecule is O=c1cc(-c2ccccc2)ncn1Cc1ccccc1Br. The Morgan fingerprint density at radius 2 is 1.71 bits per heavy atom. The summed E-state index contributed by atoms with van der Waals surface area (Å²) in [5.41, 5.74) is 2.64. The summed E-state index contributed by atoms with van der Waals surface area (Å²) in [6.45, 7) is 0.502. The number of benzene rings is 2. The van der Waals surface area contributed by atoms with E-state index in [1.807, 2.05) is 54.6 Å². The smallest absolute Gasteiger partial charge is 0.254 e. The zero-order valence-electron chi connectivity index (χ0n) is 11.2. The Bertz CT molecular complexity index is 812. The van der Waals surface area contributed by atoms with E-state index in [0.717, 1.165) is 15.6 Å². The standard InChI is InChI=1S/C17H13BrN2O/c18-15-9-5-4-8-14(15)11-20-12-19-16(10-17(20)21)13-6-2-1-3-7-13/h1-10,12H,11H2. The molecule has 0 aliphatic carbocycles. The van der Waals surface area contributed by atoms with Crippen LogP contribution in [0.2, 0.25) is 0 Å². The normalized spacial score (nSPS) is 10.5. The summed E-state index contributed by atoms with van der Waals surface area (Å²) < 4.78 is 2.59. The predicted molar refractivity (Wildman–Crippen MR) is 87.2 cm³/mol. The molecule has 0 bridgehead atoms. The first-order chi connectivity index (χ1) is 10.2. The van der Waals surface area contributed by atoms with Crippen LogP contribution in [0.5, 0.6) is 0 Å². The van der Waals surface area contributed by atoms with Crippen molar-refractivity contribution in [3.63, 3.8) is 0 Å². The molecule has 3 aromatic rings. The summed E-state index contributed by atoms with van der Waals surface area (Å²) in [6.07, 6.45) is 1.60. The Labute approximate surface area is 131 Å². The van der Waals surface area contributed by atoms with Crippen molar-refractivity contribution in [2.75, 3.05) is 0 Å². The first-order valence-electron chi connectivity index (χ1n) is 6.59. The summed E-state index contributed by atoms with van der Waals surface area (Å²) >= 11 is 3.49. The third kappa shape index (κ3) is 3.11. The average molecular weight is 341 g/mol. The first kappa shape index (κ1) is 13.8. The lowest BCUT2D eigenvalue weighted by atomic mass is 10.1. The highest BCUT2D eigenvalue weighted by atomic mass is 79.9. The van der Waals surface area contributed by atoms with Crippen LogP contribution in [-0.4, -0.2) is 9.55 Å². The van der Waals surface area contributed by atoms with Crippen LogP contribution in [0.25, 0.3) is 11.3 Å². The molecule has 3 rings (SSSR count). The fourth-order valence-corrected chi connectivity index (χ4v) is 2.53. The number of rotatable bonds is 3. The molecular formula is C17H13BrN2O. The van der Waals surface area contributed by atoms with Gasteiger partial charge in [0.05, 0.1) is 18.6 Å². The molecule has 21 heavy (non-hydrogen) atoms. The van der Waals surface area contributed by atoms with Gasteiger partial charge in [0.15, 0.2) is 0 Å². The molecule has 4 heteroatoms. The Kier molecular flexibility index (Phi) is 3.97. The lowest BCUT2D eigenvalue weighted by Gasteiger charge is -2.08. The van der Waals surface area contributed by atoms with Crippen LogP contribution in [0.15, 0.2) is 76.3 Å². The van der Waals surface area contributed by atoms with Crippen molar-refractivity contribution in [3.8, 4) is 11.3 Å². The zero-order chi connectivity index (χ0) is 14.7. The van der Waals surface area contributed by atoms with Crippen molar-refractivity contribution in [2.45, 2.75) is 6.54 Å². The van der Waals surface area contributed by atoms with E-state index in [2.05, 4.69) is 20.9 Å². The zero-order valence-corrected chi connectivity index (χ0v) is 12.8. The van der Waals surface area contributed by atoms with Gasteiger partial charge in [0.1, 0.15) is 0 Å². The van der Waals surface area contributed by atoms with E-state index >= 15 is 0 Å². The van der Waals surface area contributed by atoms with Crippen molar-refractivity contribution < 1.29 is 0 Å². The highest BCUT2D eigenvalue weighted by molar-refractivity contribution is 9.10. The second-order valence-electron chi connectivity index (χ2n) is 4.70. The van der Waals surface area contributed by atoms with E-state index < -0.39 is 0 Å². The van der Waals surface area contributed by atoms with Crippen LogP contribution in [-0.2, 0) is 6.54 Å². The van der Waals surface area contributed by atoms with Crippen LogP contribution in [0.1, 0.15) is 5.56 Å². The highest BCUT2D eigenvalue weighted by Crippen LogP contribution is 2.17. The van der Waals surface area contributed by atoms with Crippen LogP contribution < -0.4 is 5.56 Å². The summed E-state index contributed by atoms with van der Waals surface area (Å²) in [5, 5.41) is 0. The van der Waals surface area contributed by atoms with E-state index in [4.69, 9.17) is 0 Å². The number of nitrogens with zero attached hydrogens (tertiary/aromatic N) is 2. The van der Waals surface area contributed by atoms with Gasteiger partial charge in [0.25, 0.3) is 5.56 Å². The molecule has 104 valence electrons. The molecule has 0 fully saturated rings. The van der Waals surface area contributed by atoms with Gasteiger partial charge in [-0.15, -0.1) is 0 Å². The molecule has 0 spiro atoms. The van der Waals surface area contributed by atoms with Gasteiger partial charge in [-0.25, -0.2) is 4.98 Å². The maximum atomic E-state index is 12.2. The number of aromatic nitrogens is 2. The molecule has 0 aliphatic rings. The molecule has 3 nitrogen and oxygen atoms in total. The van der Waals surface area contributed by atoms with Crippen molar-refractivity contribution in [1.82, 2.24) is 9.55 Å². The third-order valence-electron chi connectivity index (χ3n) is 3.25. The molecule has 0 N–H and O–H groups in total. The Morgan fingerprint density at radius 3 is 2.43 bits per heavy atom. The highest BCUT2D eigenvalue weighted by Gasteiger charge is 2.05. The quantitative estimate of drug-likeness (QED) is 0.728. The Hall–Kier alpha value is -2.20. The molecule has 0 saturated heterocycles. The summed E-state index contributed by atoms with van der Waals surface area (Å²) in [5.74, 6) is 0. The van der Waals surface area contributed by atoms with Crippen molar-refractivity contribution >= 4 is 15.9 Å². The molecular weight excluding hydrogens is 328 g/mol. The largest absolute Gasteiger partial charge is 0.295 e. The fourth-order valence-electron chi connectivity index (χ4n) is 2.12. The minimum Gasteiger partial charge on any atom is -0.295 e. The minimum atomic E-state index is -0.0559. The summed E-state index contributed by atoms with van der Waals surface area (Å²) in [4.78, 5) is 16.6. The molecule has 0 unspecified atom stereocenters. The van der Waals surface area contributed by atoms with Crippen LogP contribution in [0.4, 0.5) is 0 Å². The summed E-state index contributed by atoms with van der Waals surface area (Å²) in [6, 6.07) is 19.1. The van der Waals surface area contributed by atoms with E-state index in [-0.39, 0.29) is 5.56 Å². The molecule has 0 radical (unpaired) electrons. The lowest BCUT2D eigenvalue weighted by Crippen LogP contribution is -2.20. The van der Waals surface area contributed by atoms with Gasteiger partial charge in [-0.1, -0.05) is 64.5 Å². The van der Waals surface area contributed by atoms with E-state index in [1.165, 1.54) is 0 Å². The molecule has 1 aromatic heterocycles. The minimum absolute atomic E-state index is 0.0559. The van der Waals surface area contributed by atoms with Gasteiger partial charge in [0.2, 0.25) is 0 Å². The van der Waals surface area contributed by atoms with Crippen LogP contribution >= 0.6 is 15.9 Å². The summed E-state index contributed by atoms with van der Waals surface area (Å²) in [7, 11) is 0. The van der Waals surface area contributed by atoms with Crippen molar-refractivity contribution in [1.29, 1.82) is 0 Å². The van der Waals surface area contributed by atoms with Crippen LogP contribution in [0, 0.1) is 0 Å². The predicted octanol–water partition coefficient (Wildman–Crippen LogP) is 3.72. The monoisotopic (exact) mass is 340 g/mol. The molecule has 0 atom stereocenters.